The van der Waals surface area contributed by atoms with Gasteiger partial charge in [0.25, 0.3) is 5.56 Å². The summed E-state index contributed by atoms with van der Waals surface area (Å²) in [5, 5.41) is 14.9. The lowest BCUT2D eigenvalue weighted by Crippen LogP contribution is -2.17. The van der Waals surface area contributed by atoms with Crippen molar-refractivity contribution in [2.45, 2.75) is 0 Å². The van der Waals surface area contributed by atoms with Crippen LogP contribution in [0.1, 0.15) is 5.56 Å². The van der Waals surface area contributed by atoms with E-state index in [9.17, 15) is 9.90 Å². The van der Waals surface area contributed by atoms with Crippen molar-refractivity contribution < 1.29 is 14.6 Å². The zero-order chi connectivity index (χ0) is 19.0. The Morgan fingerprint density at radius 2 is 1.89 bits per heavy atom. The SMILES string of the molecule is COc1ccc(O)c(/C=N/n2cnc3c([nH]c4cc(OC)ccc43)c2=O)c1. The molecular weight excluding hydrogens is 348 g/mol. The standard InChI is InChI=1S/C19H16N4O4/c1-26-12-4-6-16(24)11(7-12)9-21-23-10-20-17-14-5-3-13(27-2)8-15(14)22-18(17)19(23)25/h3-10,22,24H,1-2H3/b21-9+. The highest BCUT2D eigenvalue weighted by Gasteiger charge is 2.11. The Balaban J connectivity index is 1.80. The minimum atomic E-state index is -0.353. The van der Waals surface area contributed by atoms with E-state index in [1.807, 2.05) is 12.1 Å². The highest BCUT2D eigenvalue weighted by molar-refractivity contribution is 6.04. The summed E-state index contributed by atoms with van der Waals surface area (Å²) in [5.74, 6) is 1.28. The van der Waals surface area contributed by atoms with E-state index in [0.29, 0.717) is 28.1 Å². The summed E-state index contributed by atoms with van der Waals surface area (Å²) in [4.78, 5) is 20.2. The van der Waals surface area contributed by atoms with Crippen molar-refractivity contribution in [1.29, 1.82) is 0 Å². The van der Waals surface area contributed by atoms with E-state index in [1.165, 1.54) is 25.7 Å². The first-order chi connectivity index (χ1) is 13.1. The van der Waals surface area contributed by atoms with Gasteiger partial charge in [0.05, 0.1) is 26.0 Å². The van der Waals surface area contributed by atoms with Crippen molar-refractivity contribution >= 4 is 28.2 Å². The Hall–Kier alpha value is -3.81. The van der Waals surface area contributed by atoms with Crippen LogP contribution in [-0.4, -0.2) is 40.2 Å². The lowest BCUT2D eigenvalue weighted by Gasteiger charge is -2.03. The number of hydrogen-bond acceptors (Lipinski definition) is 6. The van der Waals surface area contributed by atoms with Gasteiger partial charge in [-0.15, -0.1) is 0 Å². The maximum Gasteiger partial charge on any atom is 0.298 e. The Kier molecular flexibility index (Phi) is 4.00. The van der Waals surface area contributed by atoms with Crippen LogP contribution in [0, 0.1) is 0 Å². The van der Waals surface area contributed by atoms with Crippen LogP contribution in [0.4, 0.5) is 0 Å². The van der Waals surface area contributed by atoms with E-state index >= 15 is 0 Å². The second-order valence-corrected chi connectivity index (χ2v) is 5.82. The van der Waals surface area contributed by atoms with Gasteiger partial charge in [0, 0.05) is 17.0 Å². The third kappa shape index (κ3) is 2.86. The summed E-state index contributed by atoms with van der Waals surface area (Å²) in [5.41, 5.74) is 1.72. The molecule has 0 saturated heterocycles. The van der Waals surface area contributed by atoms with E-state index in [0.717, 1.165) is 15.6 Å². The van der Waals surface area contributed by atoms with Gasteiger partial charge in [-0.25, -0.2) is 4.98 Å². The van der Waals surface area contributed by atoms with Crippen LogP contribution in [0.2, 0.25) is 0 Å². The van der Waals surface area contributed by atoms with Gasteiger partial charge in [-0.05, 0) is 30.3 Å². The molecule has 2 aromatic carbocycles. The number of aromatic hydroxyl groups is 1. The smallest absolute Gasteiger partial charge is 0.298 e. The van der Waals surface area contributed by atoms with E-state index in [4.69, 9.17) is 9.47 Å². The summed E-state index contributed by atoms with van der Waals surface area (Å²) in [6.45, 7) is 0. The largest absolute Gasteiger partial charge is 0.507 e. The molecule has 8 heteroatoms. The molecule has 2 aromatic heterocycles. The fourth-order valence-corrected chi connectivity index (χ4v) is 2.83. The lowest BCUT2D eigenvalue weighted by atomic mass is 10.2. The van der Waals surface area contributed by atoms with Crippen LogP contribution >= 0.6 is 0 Å². The molecule has 2 N–H and O–H groups in total. The molecule has 8 nitrogen and oxygen atoms in total. The Bertz CT molecular complexity index is 1240. The summed E-state index contributed by atoms with van der Waals surface area (Å²) in [6.07, 6.45) is 2.72. The number of rotatable bonds is 4. The Labute approximate surface area is 153 Å². The quantitative estimate of drug-likeness (QED) is 0.542. The van der Waals surface area contributed by atoms with Crippen LogP contribution in [0.5, 0.6) is 17.2 Å². The monoisotopic (exact) mass is 364 g/mol. The molecule has 136 valence electrons. The fraction of sp³-hybridized carbons (Fsp3) is 0.105. The van der Waals surface area contributed by atoms with Gasteiger partial charge in [0.15, 0.2) is 0 Å². The summed E-state index contributed by atoms with van der Waals surface area (Å²) >= 11 is 0. The van der Waals surface area contributed by atoms with Gasteiger partial charge in [-0.3, -0.25) is 4.79 Å². The van der Waals surface area contributed by atoms with Crippen molar-refractivity contribution in [3.63, 3.8) is 0 Å². The molecule has 0 bridgehead atoms. The molecule has 0 spiro atoms. The zero-order valence-electron chi connectivity index (χ0n) is 14.6. The van der Waals surface area contributed by atoms with Crippen LogP contribution in [0.3, 0.4) is 0 Å². The minimum Gasteiger partial charge on any atom is -0.507 e. The summed E-state index contributed by atoms with van der Waals surface area (Å²) in [6, 6.07) is 10.2. The molecule has 0 saturated carbocycles. The molecule has 0 atom stereocenters. The molecule has 4 aromatic rings. The average Bonchev–Trinajstić information content (AvgIpc) is 3.07. The van der Waals surface area contributed by atoms with E-state index in [-0.39, 0.29) is 11.3 Å². The number of aromatic nitrogens is 3. The number of methoxy groups -OCH3 is 2. The molecule has 0 radical (unpaired) electrons. The number of H-pyrrole nitrogens is 1. The molecule has 0 fully saturated rings. The topological polar surface area (TPSA) is 102 Å². The van der Waals surface area contributed by atoms with Crippen molar-refractivity contribution in [2.75, 3.05) is 14.2 Å². The van der Waals surface area contributed by atoms with Gasteiger partial charge in [0.1, 0.15) is 34.6 Å². The lowest BCUT2D eigenvalue weighted by molar-refractivity contribution is 0.412. The number of hydrogen-bond donors (Lipinski definition) is 2. The predicted octanol–water partition coefficient (Wildman–Crippen LogP) is 2.48. The first kappa shape index (κ1) is 16.6. The molecular formula is C19H16N4O4. The number of nitrogens with one attached hydrogen (secondary N) is 1. The van der Waals surface area contributed by atoms with Gasteiger partial charge in [0.2, 0.25) is 0 Å². The van der Waals surface area contributed by atoms with Crippen molar-refractivity contribution in [3.05, 3.63) is 58.6 Å². The fourth-order valence-electron chi connectivity index (χ4n) is 2.83. The minimum absolute atomic E-state index is 0.0272. The predicted molar refractivity (Wildman–Crippen MR) is 102 cm³/mol. The maximum atomic E-state index is 12.7. The van der Waals surface area contributed by atoms with Gasteiger partial charge >= 0.3 is 0 Å². The second-order valence-electron chi connectivity index (χ2n) is 5.82. The van der Waals surface area contributed by atoms with Crippen LogP contribution in [0.15, 0.2) is 52.6 Å². The summed E-state index contributed by atoms with van der Waals surface area (Å²) in [7, 11) is 3.11. The third-order valence-electron chi connectivity index (χ3n) is 4.25. The maximum absolute atomic E-state index is 12.7. The third-order valence-corrected chi connectivity index (χ3v) is 4.25. The molecule has 0 aliphatic carbocycles. The average molecular weight is 364 g/mol. The Morgan fingerprint density at radius 1 is 1.15 bits per heavy atom. The second kappa shape index (κ2) is 6.49. The number of nitrogens with zero attached hydrogens (tertiary/aromatic N) is 3. The molecule has 0 aliphatic rings. The number of benzene rings is 2. The van der Waals surface area contributed by atoms with Crippen molar-refractivity contribution in [2.24, 2.45) is 5.10 Å². The van der Waals surface area contributed by atoms with Crippen LogP contribution < -0.4 is 15.0 Å². The number of ether oxygens (including phenoxy) is 2. The van der Waals surface area contributed by atoms with E-state index in [2.05, 4.69) is 15.1 Å². The van der Waals surface area contributed by atoms with E-state index < -0.39 is 0 Å². The van der Waals surface area contributed by atoms with Gasteiger partial charge in [-0.2, -0.15) is 9.78 Å². The normalized spacial score (nSPS) is 11.5. The number of fused-ring (bicyclic) bond motifs is 3. The Morgan fingerprint density at radius 3 is 2.67 bits per heavy atom. The zero-order valence-corrected chi connectivity index (χ0v) is 14.6. The highest BCUT2D eigenvalue weighted by Crippen LogP contribution is 2.25. The number of aromatic amines is 1. The number of phenolic OH excluding ortho intramolecular Hbond substituents is 1. The first-order valence-electron chi connectivity index (χ1n) is 8.09. The molecule has 27 heavy (non-hydrogen) atoms. The molecule has 2 heterocycles. The van der Waals surface area contributed by atoms with Gasteiger partial charge in [-0.1, -0.05) is 0 Å². The molecule has 0 aliphatic heterocycles. The van der Waals surface area contributed by atoms with Crippen LogP contribution in [-0.2, 0) is 0 Å². The molecule has 0 amide bonds. The van der Waals surface area contributed by atoms with Crippen molar-refractivity contribution in [1.82, 2.24) is 14.6 Å². The number of phenols is 1. The first-order valence-corrected chi connectivity index (χ1v) is 8.09. The molecule has 0 unspecified atom stereocenters. The van der Waals surface area contributed by atoms with Crippen molar-refractivity contribution in [3.8, 4) is 17.2 Å². The van der Waals surface area contributed by atoms with E-state index in [1.54, 1.807) is 25.3 Å². The summed E-state index contributed by atoms with van der Waals surface area (Å²) < 4.78 is 11.4. The molecule has 4 rings (SSSR count). The highest BCUT2D eigenvalue weighted by atomic mass is 16.5. The van der Waals surface area contributed by atoms with Crippen LogP contribution in [0.25, 0.3) is 21.9 Å². The van der Waals surface area contributed by atoms with Gasteiger partial charge < -0.3 is 19.6 Å².